The average molecular weight is 273 g/mol. The number of aliphatic hydroxyl groups is 1. The molecule has 2 atom stereocenters. The largest absolute Gasteiger partial charge is 0.388 e. The molecule has 2 heteroatoms. The van der Waals surface area contributed by atoms with Crippen molar-refractivity contribution in [3.05, 3.63) is 35.4 Å². The third-order valence-corrected chi connectivity index (χ3v) is 5.28. The number of nitrogens with zero attached hydrogens (tertiary/aromatic N) is 1. The molecule has 0 saturated heterocycles. The van der Waals surface area contributed by atoms with Gasteiger partial charge in [-0.1, -0.05) is 30.7 Å². The van der Waals surface area contributed by atoms with Gasteiger partial charge in [0.1, 0.15) is 0 Å². The summed E-state index contributed by atoms with van der Waals surface area (Å²) in [6, 6.07) is 8.40. The Kier molecular flexibility index (Phi) is 4.42. The molecule has 1 saturated carbocycles. The Morgan fingerprint density at radius 2 is 2.00 bits per heavy atom. The fourth-order valence-corrected chi connectivity index (χ4v) is 3.70. The van der Waals surface area contributed by atoms with Crippen LogP contribution in [0, 0.1) is 11.8 Å². The fraction of sp³-hybridized carbons (Fsp3) is 0.667. The molecule has 0 heterocycles. The Labute approximate surface area is 122 Å². The molecule has 2 nitrogen and oxygen atoms in total. The molecule has 0 amide bonds. The topological polar surface area (TPSA) is 23.5 Å². The smallest absolute Gasteiger partial charge is 0.0821 e. The number of benzene rings is 1. The predicted molar refractivity (Wildman–Crippen MR) is 82.7 cm³/mol. The summed E-state index contributed by atoms with van der Waals surface area (Å²) in [6.45, 7) is 2.37. The van der Waals surface area contributed by atoms with Crippen LogP contribution in [-0.4, -0.2) is 30.1 Å². The molecule has 0 bridgehead atoms. The normalized spacial score (nSPS) is 26.4. The third kappa shape index (κ3) is 3.07. The number of rotatable bonds is 5. The van der Waals surface area contributed by atoms with Crippen molar-refractivity contribution < 1.29 is 5.11 Å². The first-order valence-corrected chi connectivity index (χ1v) is 8.18. The standard InChI is InChI=1S/C18H27NO/c1-19(13-14-5-4-6-14)12-11-16-10-9-15-7-2-3-8-17(15)18(16)20/h2-3,7-8,14,16,18,20H,4-6,9-13H2,1H3. The first-order valence-electron chi connectivity index (χ1n) is 8.18. The van der Waals surface area contributed by atoms with Crippen molar-refractivity contribution in [1.29, 1.82) is 0 Å². The molecule has 110 valence electrons. The van der Waals surface area contributed by atoms with Gasteiger partial charge in [0, 0.05) is 6.54 Å². The van der Waals surface area contributed by atoms with E-state index in [1.807, 2.05) is 6.07 Å². The average Bonchev–Trinajstić information content (AvgIpc) is 2.42. The van der Waals surface area contributed by atoms with Crippen molar-refractivity contribution in [2.45, 2.75) is 44.6 Å². The van der Waals surface area contributed by atoms with E-state index >= 15 is 0 Å². The van der Waals surface area contributed by atoms with E-state index in [2.05, 4.69) is 30.1 Å². The van der Waals surface area contributed by atoms with Crippen molar-refractivity contribution in [2.75, 3.05) is 20.1 Å². The Balaban J connectivity index is 1.51. The summed E-state index contributed by atoms with van der Waals surface area (Å²) in [6.07, 6.45) is 7.40. The Morgan fingerprint density at radius 1 is 1.20 bits per heavy atom. The van der Waals surface area contributed by atoms with E-state index in [1.165, 1.54) is 36.9 Å². The second-order valence-electron chi connectivity index (χ2n) is 6.79. The maximum absolute atomic E-state index is 10.6. The van der Waals surface area contributed by atoms with Crippen LogP contribution < -0.4 is 0 Å². The van der Waals surface area contributed by atoms with Crippen LogP contribution in [-0.2, 0) is 6.42 Å². The van der Waals surface area contributed by atoms with Crippen molar-refractivity contribution >= 4 is 0 Å². The molecule has 1 aromatic rings. The first-order chi connectivity index (χ1) is 9.74. The number of hydrogen-bond donors (Lipinski definition) is 1. The summed E-state index contributed by atoms with van der Waals surface area (Å²) in [5, 5.41) is 10.6. The number of hydrogen-bond acceptors (Lipinski definition) is 2. The first kappa shape index (κ1) is 14.1. The van der Waals surface area contributed by atoms with E-state index < -0.39 is 0 Å². The lowest BCUT2D eigenvalue weighted by Crippen LogP contribution is -2.32. The molecular weight excluding hydrogens is 246 g/mol. The predicted octanol–water partition coefficient (Wildman–Crippen LogP) is 3.40. The quantitative estimate of drug-likeness (QED) is 0.888. The van der Waals surface area contributed by atoms with Gasteiger partial charge in [0.05, 0.1) is 6.10 Å². The molecule has 2 aliphatic rings. The summed E-state index contributed by atoms with van der Waals surface area (Å²) >= 11 is 0. The number of aryl methyl sites for hydroxylation is 1. The van der Waals surface area contributed by atoms with Crippen LogP contribution >= 0.6 is 0 Å². The molecular formula is C18H27NO. The Morgan fingerprint density at radius 3 is 2.75 bits per heavy atom. The highest BCUT2D eigenvalue weighted by Crippen LogP contribution is 2.36. The minimum atomic E-state index is -0.253. The monoisotopic (exact) mass is 273 g/mol. The van der Waals surface area contributed by atoms with Gasteiger partial charge >= 0.3 is 0 Å². The molecule has 0 aliphatic heterocycles. The van der Waals surface area contributed by atoms with Crippen molar-refractivity contribution in [3.63, 3.8) is 0 Å². The van der Waals surface area contributed by atoms with Gasteiger partial charge in [0.25, 0.3) is 0 Å². The van der Waals surface area contributed by atoms with Crippen LogP contribution in [0.3, 0.4) is 0 Å². The lowest BCUT2D eigenvalue weighted by molar-refractivity contribution is 0.0794. The van der Waals surface area contributed by atoms with Gasteiger partial charge in [-0.05, 0) is 68.7 Å². The van der Waals surface area contributed by atoms with E-state index in [-0.39, 0.29) is 6.10 Å². The lowest BCUT2D eigenvalue weighted by atomic mass is 9.79. The van der Waals surface area contributed by atoms with Crippen LogP contribution in [0.2, 0.25) is 0 Å². The van der Waals surface area contributed by atoms with E-state index in [1.54, 1.807) is 0 Å². The second kappa shape index (κ2) is 6.28. The zero-order chi connectivity index (χ0) is 13.9. The van der Waals surface area contributed by atoms with E-state index in [9.17, 15) is 5.11 Å². The molecule has 2 aliphatic carbocycles. The molecule has 0 radical (unpaired) electrons. The summed E-state index contributed by atoms with van der Waals surface area (Å²) in [5.74, 6) is 1.38. The highest BCUT2D eigenvalue weighted by Gasteiger charge is 2.27. The van der Waals surface area contributed by atoms with Gasteiger partial charge in [-0.3, -0.25) is 0 Å². The maximum atomic E-state index is 10.6. The van der Waals surface area contributed by atoms with Crippen LogP contribution in [0.25, 0.3) is 0 Å². The molecule has 1 N–H and O–H groups in total. The highest BCUT2D eigenvalue weighted by molar-refractivity contribution is 5.31. The van der Waals surface area contributed by atoms with Crippen LogP contribution in [0.1, 0.15) is 49.3 Å². The van der Waals surface area contributed by atoms with Gasteiger partial charge in [-0.25, -0.2) is 0 Å². The molecule has 0 spiro atoms. The van der Waals surface area contributed by atoms with E-state index in [4.69, 9.17) is 0 Å². The van der Waals surface area contributed by atoms with Gasteiger partial charge < -0.3 is 10.0 Å². The van der Waals surface area contributed by atoms with Crippen molar-refractivity contribution in [3.8, 4) is 0 Å². The summed E-state index contributed by atoms with van der Waals surface area (Å²) in [5.41, 5.74) is 2.52. The zero-order valence-electron chi connectivity index (χ0n) is 12.6. The van der Waals surface area contributed by atoms with Crippen LogP contribution in [0.5, 0.6) is 0 Å². The molecule has 3 rings (SSSR count). The van der Waals surface area contributed by atoms with Gasteiger partial charge in [0.15, 0.2) is 0 Å². The van der Waals surface area contributed by atoms with Crippen molar-refractivity contribution in [1.82, 2.24) is 4.90 Å². The van der Waals surface area contributed by atoms with Gasteiger partial charge in [-0.15, -0.1) is 0 Å². The minimum Gasteiger partial charge on any atom is -0.388 e. The highest BCUT2D eigenvalue weighted by atomic mass is 16.3. The Bertz CT molecular complexity index is 441. The minimum absolute atomic E-state index is 0.253. The number of aliphatic hydroxyl groups excluding tert-OH is 1. The molecule has 0 aromatic heterocycles. The summed E-state index contributed by atoms with van der Waals surface area (Å²) in [7, 11) is 2.24. The third-order valence-electron chi connectivity index (χ3n) is 5.28. The van der Waals surface area contributed by atoms with Crippen LogP contribution in [0.4, 0.5) is 0 Å². The lowest BCUT2D eigenvalue weighted by Gasteiger charge is -2.33. The number of fused-ring (bicyclic) bond motifs is 1. The zero-order valence-corrected chi connectivity index (χ0v) is 12.6. The van der Waals surface area contributed by atoms with E-state index in [0.29, 0.717) is 5.92 Å². The SMILES string of the molecule is CN(CCC1CCc2ccccc2C1O)CC1CCC1. The molecule has 1 aromatic carbocycles. The van der Waals surface area contributed by atoms with Crippen LogP contribution in [0.15, 0.2) is 24.3 Å². The fourth-order valence-electron chi connectivity index (χ4n) is 3.70. The second-order valence-corrected chi connectivity index (χ2v) is 6.79. The molecule has 1 fully saturated rings. The van der Waals surface area contributed by atoms with E-state index in [0.717, 1.165) is 31.7 Å². The van der Waals surface area contributed by atoms with Crippen molar-refractivity contribution in [2.24, 2.45) is 11.8 Å². The van der Waals surface area contributed by atoms with Gasteiger partial charge in [0.2, 0.25) is 0 Å². The van der Waals surface area contributed by atoms with Gasteiger partial charge in [-0.2, -0.15) is 0 Å². The maximum Gasteiger partial charge on any atom is 0.0821 e. The Hall–Kier alpha value is -0.860. The summed E-state index contributed by atoms with van der Waals surface area (Å²) < 4.78 is 0. The summed E-state index contributed by atoms with van der Waals surface area (Å²) in [4.78, 5) is 2.47. The molecule has 2 unspecified atom stereocenters. The molecule has 20 heavy (non-hydrogen) atoms.